The van der Waals surface area contributed by atoms with Crippen LogP contribution in [-0.2, 0) is 21.9 Å². The van der Waals surface area contributed by atoms with Gasteiger partial charge in [-0.25, -0.2) is 0 Å². The van der Waals surface area contributed by atoms with Crippen molar-refractivity contribution in [3.63, 3.8) is 0 Å². The Morgan fingerprint density at radius 2 is 1.65 bits per heavy atom. The Kier molecular flexibility index (Phi) is 8.75. The smallest absolute Gasteiger partial charge is 0.242 e. The van der Waals surface area contributed by atoms with Crippen molar-refractivity contribution in [2.75, 3.05) is 5.75 Å². The van der Waals surface area contributed by atoms with Gasteiger partial charge in [0.15, 0.2) is 0 Å². The highest BCUT2D eigenvalue weighted by Gasteiger charge is 2.28. The van der Waals surface area contributed by atoms with E-state index < -0.39 is 6.04 Å². The fourth-order valence-corrected chi connectivity index (χ4v) is 4.36. The van der Waals surface area contributed by atoms with E-state index in [0.717, 1.165) is 16.9 Å². The summed E-state index contributed by atoms with van der Waals surface area (Å²) in [6.45, 7) is 14.3. The van der Waals surface area contributed by atoms with E-state index in [2.05, 4.69) is 37.4 Å². The molecule has 31 heavy (non-hydrogen) atoms. The molecule has 0 heterocycles. The summed E-state index contributed by atoms with van der Waals surface area (Å²) in [6, 6.07) is 13.9. The molecule has 2 aromatic carbocycles. The molecule has 1 unspecified atom stereocenters. The number of nitrogens with one attached hydrogen (secondary N) is 1. The first-order chi connectivity index (χ1) is 14.5. The minimum atomic E-state index is -0.548. The van der Waals surface area contributed by atoms with E-state index in [1.165, 1.54) is 16.7 Å². The van der Waals surface area contributed by atoms with Crippen molar-refractivity contribution < 1.29 is 9.59 Å². The van der Waals surface area contributed by atoms with Crippen LogP contribution < -0.4 is 5.32 Å². The number of hydrogen-bond donors (Lipinski definition) is 1. The zero-order valence-electron chi connectivity index (χ0n) is 19.9. The predicted molar refractivity (Wildman–Crippen MR) is 131 cm³/mol. The van der Waals surface area contributed by atoms with Gasteiger partial charge in [-0.15, -0.1) is 11.8 Å². The van der Waals surface area contributed by atoms with Crippen molar-refractivity contribution in [2.45, 2.75) is 72.3 Å². The molecule has 2 aromatic rings. The fourth-order valence-electron chi connectivity index (χ4n) is 3.52. The summed E-state index contributed by atoms with van der Waals surface area (Å²) in [5.41, 5.74) is 5.52. The van der Waals surface area contributed by atoms with Gasteiger partial charge in [0, 0.05) is 17.8 Å². The Morgan fingerprint density at radius 1 is 1.03 bits per heavy atom. The lowest BCUT2D eigenvalue weighted by molar-refractivity contribution is -0.139. The van der Waals surface area contributed by atoms with Crippen molar-refractivity contribution in [3.05, 3.63) is 70.3 Å². The number of carbonyl (C=O) groups excluding carboxylic acids is 2. The molecule has 1 atom stereocenters. The second-order valence-electron chi connectivity index (χ2n) is 9.35. The van der Waals surface area contributed by atoms with Crippen molar-refractivity contribution in [3.8, 4) is 0 Å². The van der Waals surface area contributed by atoms with E-state index in [1.807, 2.05) is 58.9 Å². The maximum atomic E-state index is 13.2. The lowest BCUT2D eigenvalue weighted by Crippen LogP contribution is -2.52. The van der Waals surface area contributed by atoms with E-state index >= 15 is 0 Å². The molecule has 1 N–H and O–H groups in total. The van der Waals surface area contributed by atoms with Crippen LogP contribution in [0.15, 0.2) is 42.5 Å². The van der Waals surface area contributed by atoms with Crippen LogP contribution in [0.3, 0.4) is 0 Å². The first-order valence-corrected chi connectivity index (χ1v) is 11.9. The van der Waals surface area contributed by atoms with Gasteiger partial charge >= 0.3 is 0 Å². The molecule has 0 saturated carbocycles. The van der Waals surface area contributed by atoms with Gasteiger partial charge in [0.05, 0.1) is 5.75 Å². The van der Waals surface area contributed by atoms with Gasteiger partial charge in [0.2, 0.25) is 11.8 Å². The van der Waals surface area contributed by atoms with Crippen LogP contribution in [0.4, 0.5) is 0 Å². The summed E-state index contributed by atoms with van der Waals surface area (Å²) >= 11 is 1.59. The van der Waals surface area contributed by atoms with Crippen LogP contribution in [0.5, 0.6) is 0 Å². The molecular formula is C26H36N2O2S. The van der Waals surface area contributed by atoms with Gasteiger partial charge in [-0.05, 0) is 65.2 Å². The predicted octanol–water partition coefficient (Wildman–Crippen LogP) is 5.18. The third-order valence-corrected chi connectivity index (χ3v) is 6.03. The Bertz CT molecular complexity index is 898. The molecule has 5 heteroatoms. The van der Waals surface area contributed by atoms with E-state index in [4.69, 9.17) is 0 Å². The molecule has 0 aliphatic heterocycles. The molecule has 168 valence electrons. The largest absolute Gasteiger partial charge is 0.350 e. The molecular weight excluding hydrogens is 404 g/mol. The molecule has 0 aliphatic rings. The number of amides is 2. The number of benzene rings is 2. The number of thioether (sulfide) groups is 1. The van der Waals surface area contributed by atoms with Crippen molar-refractivity contribution in [1.29, 1.82) is 0 Å². The average Bonchev–Trinajstić information content (AvgIpc) is 2.64. The second kappa shape index (κ2) is 10.9. The summed E-state index contributed by atoms with van der Waals surface area (Å²) in [5, 5.41) is 3.01. The van der Waals surface area contributed by atoms with Crippen LogP contribution in [0.2, 0.25) is 0 Å². The third-order valence-electron chi connectivity index (χ3n) is 5.04. The number of hydrogen-bond acceptors (Lipinski definition) is 3. The maximum Gasteiger partial charge on any atom is 0.242 e. The SMILES string of the molecule is Cc1cc(C)cc(CSCC(=O)N(Cc2ccccc2C)C(C)C(=O)NC(C)(C)C)c1. The van der Waals surface area contributed by atoms with Crippen molar-refractivity contribution in [1.82, 2.24) is 10.2 Å². The third kappa shape index (κ3) is 8.06. The van der Waals surface area contributed by atoms with Crippen LogP contribution >= 0.6 is 11.8 Å². The molecule has 0 radical (unpaired) electrons. The van der Waals surface area contributed by atoms with Gasteiger partial charge < -0.3 is 10.2 Å². The van der Waals surface area contributed by atoms with Crippen molar-refractivity contribution in [2.24, 2.45) is 0 Å². The highest BCUT2D eigenvalue weighted by molar-refractivity contribution is 7.99. The normalized spacial score (nSPS) is 12.4. The van der Waals surface area contributed by atoms with E-state index in [0.29, 0.717) is 12.3 Å². The molecule has 0 bridgehead atoms. The minimum absolute atomic E-state index is 0.0193. The standard InChI is InChI=1S/C26H36N2O2S/c1-18-12-19(2)14-22(13-18)16-31-17-24(29)28(15-23-11-9-8-10-20(23)3)21(4)25(30)27-26(5,6)7/h8-14,21H,15-17H2,1-7H3,(H,27,30). The molecule has 4 nitrogen and oxygen atoms in total. The van der Waals surface area contributed by atoms with E-state index in [9.17, 15) is 9.59 Å². The second-order valence-corrected chi connectivity index (χ2v) is 10.3. The van der Waals surface area contributed by atoms with Crippen LogP contribution in [0, 0.1) is 20.8 Å². The summed E-state index contributed by atoms with van der Waals surface area (Å²) in [7, 11) is 0. The maximum absolute atomic E-state index is 13.2. The van der Waals surface area contributed by atoms with Crippen LogP contribution in [-0.4, -0.2) is 34.0 Å². The van der Waals surface area contributed by atoms with Gasteiger partial charge in [-0.3, -0.25) is 9.59 Å². The number of aryl methyl sites for hydroxylation is 3. The van der Waals surface area contributed by atoms with Crippen LogP contribution in [0.1, 0.15) is 55.5 Å². The fraction of sp³-hybridized carbons (Fsp3) is 0.462. The quantitative estimate of drug-likeness (QED) is 0.615. The first-order valence-electron chi connectivity index (χ1n) is 10.8. The van der Waals surface area contributed by atoms with Crippen molar-refractivity contribution >= 4 is 23.6 Å². The van der Waals surface area contributed by atoms with Crippen LogP contribution in [0.25, 0.3) is 0 Å². The first kappa shape index (κ1) is 25.0. The lowest BCUT2D eigenvalue weighted by Gasteiger charge is -2.31. The number of carbonyl (C=O) groups is 2. The molecule has 0 spiro atoms. The summed E-state index contributed by atoms with van der Waals surface area (Å²) in [5.74, 6) is 0.962. The van der Waals surface area contributed by atoms with Gasteiger partial charge in [-0.2, -0.15) is 0 Å². The Hall–Kier alpha value is -2.27. The highest BCUT2D eigenvalue weighted by Crippen LogP contribution is 2.19. The number of rotatable bonds is 8. The average molecular weight is 441 g/mol. The Labute approximate surface area is 191 Å². The van der Waals surface area contributed by atoms with E-state index in [1.54, 1.807) is 16.7 Å². The zero-order chi connectivity index (χ0) is 23.2. The summed E-state index contributed by atoms with van der Waals surface area (Å²) in [4.78, 5) is 27.8. The highest BCUT2D eigenvalue weighted by atomic mass is 32.2. The Morgan fingerprint density at radius 3 is 2.23 bits per heavy atom. The minimum Gasteiger partial charge on any atom is -0.350 e. The topological polar surface area (TPSA) is 49.4 Å². The molecule has 0 aromatic heterocycles. The summed E-state index contributed by atoms with van der Waals surface area (Å²) < 4.78 is 0. The Balaban J connectivity index is 2.13. The zero-order valence-corrected chi connectivity index (χ0v) is 20.7. The molecule has 0 fully saturated rings. The molecule has 0 aliphatic carbocycles. The molecule has 2 amide bonds. The van der Waals surface area contributed by atoms with Gasteiger partial charge in [0.1, 0.15) is 6.04 Å². The number of nitrogens with zero attached hydrogens (tertiary/aromatic N) is 1. The van der Waals surface area contributed by atoms with E-state index in [-0.39, 0.29) is 17.4 Å². The molecule has 2 rings (SSSR count). The monoisotopic (exact) mass is 440 g/mol. The molecule has 0 saturated heterocycles. The van der Waals surface area contributed by atoms with Gasteiger partial charge in [0.25, 0.3) is 0 Å². The van der Waals surface area contributed by atoms with Gasteiger partial charge in [-0.1, -0.05) is 53.6 Å². The lowest BCUT2D eigenvalue weighted by atomic mass is 10.1. The summed E-state index contributed by atoms with van der Waals surface area (Å²) in [6.07, 6.45) is 0.